The molecule has 5 rings (SSSR count). The zero-order valence-electron chi connectivity index (χ0n) is 19.7. The fraction of sp³-hybridized carbons (Fsp3) is 0.280. The Balaban J connectivity index is 1.44. The van der Waals surface area contributed by atoms with Crippen molar-refractivity contribution in [1.82, 2.24) is 19.4 Å². The van der Waals surface area contributed by atoms with Gasteiger partial charge in [0.25, 0.3) is 0 Å². The molecule has 4 aromatic rings. The second-order valence-electron chi connectivity index (χ2n) is 8.48. The van der Waals surface area contributed by atoms with Crippen LogP contribution in [0.15, 0.2) is 54.7 Å². The zero-order valence-corrected chi connectivity index (χ0v) is 19.7. The zero-order chi connectivity index (χ0) is 24.4. The van der Waals surface area contributed by atoms with E-state index in [1.54, 1.807) is 22.9 Å². The molecule has 3 N–H and O–H groups in total. The lowest BCUT2D eigenvalue weighted by molar-refractivity contribution is 0.215. The van der Waals surface area contributed by atoms with Crippen molar-refractivity contribution < 1.29 is 14.2 Å². The van der Waals surface area contributed by atoms with Gasteiger partial charge in [-0.1, -0.05) is 6.07 Å². The smallest absolute Gasteiger partial charge is 0.233 e. The van der Waals surface area contributed by atoms with Crippen molar-refractivity contribution in [2.24, 2.45) is 0 Å². The molecule has 1 saturated heterocycles. The highest BCUT2D eigenvalue weighted by molar-refractivity contribution is 5.83. The van der Waals surface area contributed by atoms with Gasteiger partial charge in [-0.3, -0.25) is 0 Å². The van der Waals surface area contributed by atoms with Crippen LogP contribution in [0.1, 0.15) is 0 Å². The van der Waals surface area contributed by atoms with Crippen LogP contribution in [0, 0.1) is 5.82 Å². The van der Waals surface area contributed by atoms with Gasteiger partial charge in [-0.2, -0.15) is 9.97 Å². The summed E-state index contributed by atoms with van der Waals surface area (Å²) >= 11 is 0. The van der Waals surface area contributed by atoms with E-state index in [1.165, 1.54) is 6.07 Å². The highest BCUT2D eigenvalue weighted by Crippen LogP contribution is 2.32. The molecule has 2 aromatic carbocycles. The fourth-order valence-electron chi connectivity index (χ4n) is 4.13. The number of piperazine rings is 1. The van der Waals surface area contributed by atoms with E-state index < -0.39 is 0 Å². The Labute approximate surface area is 202 Å². The molecule has 10 heteroatoms. The van der Waals surface area contributed by atoms with Gasteiger partial charge in [-0.15, -0.1) is 0 Å². The molecule has 9 nitrogen and oxygen atoms in total. The van der Waals surface area contributed by atoms with E-state index in [0.29, 0.717) is 34.0 Å². The lowest BCUT2D eigenvalue weighted by atomic mass is 10.2. The first kappa shape index (κ1) is 22.9. The van der Waals surface area contributed by atoms with Crippen molar-refractivity contribution in [3.05, 3.63) is 60.5 Å². The lowest BCUT2D eigenvalue weighted by Gasteiger charge is -2.34. The van der Waals surface area contributed by atoms with Crippen molar-refractivity contribution in [3.8, 4) is 11.6 Å². The number of aromatic nitrogens is 3. The van der Waals surface area contributed by atoms with Gasteiger partial charge in [0.2, 0.25) is 11.8 Å². The summed E-state index contributed by atoms with van der Waals surface area (Å²) in [6.07, 6.45) is 1.71. The molecule has 1 fully saturated rings. The molecular weight excluding hydrogens is 449 g/mol. The van der Waals surface area contributed by atoms with Gasteiger partial charge in [0.05, 0.1) is 11.1 Å². The topological polar surface area (TPSA) is 90.7 Å². The molecule has 0 amide bonds. The Morgan fingerprint density at radius 1 is 1.03 bits per heavy atom. The molecule has 0 saturated carbocycles. The van der Waals surface area contributed by atoms with E-state index in [4.69, 9.17) is 4.74 Å². The van der Waals surface area contributed by atoms with Crippen molar-refractivity contribution in [2.45, 2.75) is 6.73 Å². The monoisotopic (exact) mass is 477 g/mol. The molecular formula is C25H28FN7O2. The number of nitrogens with zero attached hydrogens (tertiary/aromatic N) is 5. The van der Waals surface area contributed by atoms with Crippen LogP contribution >= 0.6 is 0 Å². The Morgan fingerprint density at radius 2 is 1.86 bits per heavy atom. The molecule has 0 atom stereocenters. The van der Waals surface area contributed by atoms with Gasteiger partial charge in [0, 0.05) is 56.9 Å². The second kappa shape index (κ2) is 9.77. The summed E-state index contributed by atoms with van der Waals surface area (Å²) in [6.45, 7) is 3.12. The minimum Gasteiger partial charge on any atom is -0.438 e. The van der Waals surface area contributed by atoms with Crippen LogP contribution in [0.25, 0.3) is 11.0 Å². The number of nitrogens with one attached hydrogen (secondary N) is 2. The summed E-state index contributed by atoms with van der Waals surface area (Å²) < 4.78 is 22.7. The Bertz CT molecular complexity index is 1330. The third kappa shape index (κ3) is 4.84. The van der Waals surface area contributed by atoms with E-state index in [2.05, 4.69) is 37.4 Å². The highest BCUT2D eigenvalue weighted by Gasteiger charge is 2.18. The third-order valence-corrected chi connectivity index (χ3v) is 6.12. The average Bonchev–Trinajstić information content (AvgIpc) is 3.28. The van der Waals surface area contributed by atoms with Crippen LogP contribution < -0.4 is 20.3 Å². The van der Waals surface area contributed by atoms with Crippen molar-refractivity contribution in [1.29, 1.82) is 0 Å². The summed E-state index contributed by atoms with van der Waals surface area (Å²) in [7, 11) is 3.90. The Kier molecular flexibility index (Phi) is 6.39. The molecule has 0 radical (unpaired) electrons. The molecule has 3 heterocycles. The predicted octanol–water partition coefficient (Wildman–Crippen LogP) is 3.85. The van der Waals surface area contributed by atoms with Gasteiger partial charge >= 0.3 is 0 Å². The number of benzene rings is 2. The standard InChI is InChI=1S/C25H28FN7O2/c1-27-17-4-3-5-19(14-17)35-24-20-8-9-33(16-34)23(20)29-25(30-24)28-18-6-7-22(21(26)15-18)32-12-10-31(2)11-13-32/h3-9,14-15,27,34H,10-13,16H2,1-2H3,(H,28,29,30). The minimum atomic E-state index is -0.306. The van der Waals surface area contributed by atoms with Crippen LogP contribution in [0.4, 0.5) is 27.4 Å². The Hall–Kier alpha value is -3.89. The second-order valence-corrected chi connectivity index (χ2v) is 8.48. The molecule has 1 aliphatic rings. The largest absolute Gasteiger partial charge is 0.438 e. The number of ether oxygens (including phenoxy) is 1. The molecule has 0 spiro atoms. The summed E-state index contributed by atoms with van der Waals surface area (Å²) in [5.74, 6) is 0.853. The number of aliphatic hydroxyl groups is 1. The molecule has 2 aromatic heterocycles. The lowest BCUT2D eigenvalue weighted by Crippen LogP contribution is -2.44. The van der Waals surface area contributed by atoms with Gasteiger partial charge in [0.1, 0.15) is 18.3 Å². The van der Waals surface area contributed by atoms with Crippen LogP contribution in [0.2, 0.25) is 0 Å². The highest BCUT2D eigenvalue weighted by atomic mass is 19.1. The van der Waals surface area contributed by atoms with Crippen LogP contribution in [-0.4, -0.2) is 64.8 Å². The number of hydrogen-bond acceptors (Lipinski definition) is 8. The fourth-order valence-corrected chi connectivity index (χ4v) is 4.13. The molecule has 35 heavy (non-hydrogen) atoms. The number of rotatable bonds is 7. The first-order chi connectivity index (χ1) is 17.0. The first-order valence-corrected chi connectivity index (χ1v) is 11.5. The number of hydrogen-bond donors (Lipinski definition) is 3. The van der Waals surface area contributed by atoms with E-state index in [0.717, 1.165) is 31.9 Å². The van der Waals surface area contributed by atoms with Crippen molar-refractivity contribution >= 4 is 34.0 Å². The summed E-state index contributed by atoms with van der Waals surface area (Å²) in [5.41, 5.74) is 2.50. The molecule has 1 aliphatic heterocycles. The van der Waals surface area contributed by atoms with Gasteiger partial charge in [-0.05, 0) is 43.4 Å². The number of anilines is 4. The Morgan fingerprint density at radius 3 is 2.60 bits per heavy atom. The summed E-state index contributed by atoms with van der Waals surface area (Å²) in [4.78, 5) is 13.4. The van der Waals surface area contributed by atoms with Crippen LogP contribution in [-0.2, 0) is 6.73 Å². The third-order valence-electron chi connectivity index (χ3n) is 6.12. The quantitative estimate of drug-likeness (QED) is 0.370. The van der Waals surface area contributed by atoms with Crippen LogP contribution in [0.3, 0.4) is 0 Å². The van der Waals surface area contributed by atoms with Crippen molar-refractivity contribution in [2.75, 3.05) is 55.8 Å². The normalized spacial score (nSPS) is 14.3. The number of aliphatic hydroxyl groups excluding tert-OH is 1. The maximum absolute atomic E-state index is 15.0. The minimum absolute atomic E-state index is 0.234. The first-order valence-electron chi connectivity index (χ1n) is 11.5. The molecule has 0 unspecified atom stereocenters. The molecule has 182 valence electrons. The summed E-state index contributed by atoms with van der Waals surface area (Å²) in [5, 5.41) is 16.6. The maximum atomic E-state index is 15.0. The van der Waals surface area contributed by atoms with E-state index in [1.807, 2.05) is 37.4 Å². The van der Waals surface area contributed by atoms with E-state index in [-0.39, 0.29) is 18.5 Å². The van der Waals surface area contributed by atoms with E-state index in [9.17, 15) is 9.50 Å². The molecule has 0 bridgehead atoms. The molecule has 0 aliphatic carbocycles. The number of likely N-dealkylation sites (N-methyl/N-ethyl adjacent to an activating group) is 1. The summed E-state index contributed by atoms with van der Waals surface area (Å²) in [6, 6.07) is 14.3. The van der Waals surface area contributed by atoms with Gasteiger partial charge in [-0.25, -0.2) is 4.39 Å². The predicted molar refractivity (Wildman–Crippen MR) is 135 cm³/mol. The maximum Gasteiger partial charge on any atom is 0.233 e. The van der Waals surface area contributed by atoms with Crippen molar-refractivity contribution in [3.63, 3.8) is 0 Å². The SMILES string of the molecule is CNc1cccc(Oc2nc(Nc3ccc(N4CCN(C)CC4)c(F)c3)nc3c2ccn3CO)c1. The van der Waals surface area contributed by atoms with Gasteiger partial charge < -0.3 is 34.8 Å². The van der Waals surface area contributed by atoms with E-state index >= 15 is 0 Å². The average molecular weight is 478 g/mol. The number of fused-ring (bicyclic) bond motifs is 1. The number of halogens is 1. The van der Waals surface area contributed by atoms with Gasteiger partial charge in [0.15, 0.2) is 5.65 Å². The van der Waals surface area contributed by atoms with Crippen LogP contribution in [0.5, 0.6) is 11.6 Å².